The number of rotatable bonds is 1. The molecule has 1 aromatic rings. The van der Waals surface area contributed by atoms with Crippen LogP contribution < -0.4 is 10.2 Å². The third-order valence-electron chi connectivity index (χ3n) is 3.11. The number of hydrogen-bond acceptors (Lipinski definition) is 4. The fourth-order valence-electron chi connectivity index (χ4n) is 2.44. The second-order valence-electron chi connectivity index (χ2n) is 3.78. The van der Waals surface area contributed by atoms with Crippen LogP contribution in [0, 0.1) is 5.92 Å². The second-order valence-corrected chi connectivity index (χ2v) is 4.66. The number of anilines is 1. The van der Waals surface area contributed by atoms with E-state index in [9.17, 15) is 0 Å². The van der Waals surface area contributed by atoms with Gasteiger partial charge in [-0.3, -0.25) is 0 Å². The number of hydrogen-bond donors (Lipinski definition) is 1. The van der Waals surface area contributed by atoms with Crippen LogP contribution >= 0.6 is 36.2 Å². The molecule has 0 saturated carbocycles. The van der Waals surface area contributed by atoms with E-state index in [0.717, 1.165) is 12.5 Å². The number of nitrogens with one attached hydrogen (secondary N) is 1. The molecule has 3 nitrogen and oxygen atoms in total. The molecule has 6 heteroatoms. The molecule has 3 heterocycles. The Labute approximate surface area is 106 Å². The Kier molecular flexibility index (Phi) is 4.64. The van der Waals surface area contributed by atoms with Gasteiger partial charge in [-0.05, 0) is 12.3 Å². The van der Waals surface area contributed by atoms with Crippen molar-refractivity contribution in [2.45, 2.75) is 12.5 Å². The van der Waals surface area contributed by atoms with Gasteiger partial charge in [-0.15, -0.1) is 36.2 Å². The van der Waals surface area contributed by atoms with E-state index in [1.54, 1.807) is 11.3 Å². The van der Waals surface area contributed by atoms with Gasteiger partial charge in [0, 0.05) is 37.3 Å². The van der Waals surface area contributed by atoms with Gasteiger partial charge in [0.05, 0.1) is 0 Å². The van der Waals surface area contributed by atoms with Crippen LogP contribution in [0.15, 0.2) is 11.6 Å². The standard InChI is InChI=1S/C9H13N3S.2ClH/c1-3-12(9-11-2-4-13-9)8-6-10-5-7(1)8;;/h2,4,7-8,10H,1,3,5-6H2;2*1H/t7-,8+;;/m0../s1. The molecule has 0 bridgehead atoms. The SMILES string of the molecule is Cl.Cl.c1csc(N2CC[C@H]3CNC[C@H]32)n1. The monoisotopic (exact) mass is 267 g/mol. The van der Waals surface area contributed by atoms with E-state index in [2.05, 4.69) is 20.6 Å². The van der Waals surface area contributed by atoms with Gasteiger partial charge >= 0.3 is 0 Å². The minimum absolute atomic E-state index is 0. The summed E-state index contributed by atoms with van der Waals surface area (Å²) in [5, 5.41) is 6.72. The molecule has 2 aliphatic heterocycles. The molecule has 86 valence electrons. The van der Waals surface area contributed by atoms with E-state index < -0.39 is 0 Å². The van der Waals surface area contributed by atoms with Crippen LogP contribution in [0.25, 0.3) is 0 Å². The quantitative estimate of drug-likeness (QED) is 0.841. The van der Waals surface area contributed by atoms with E-state index in [1.165, 1.54) is 24.6 Å². The maximum absolute atomic E-state index is 4.38. The van der Waals surface area contributed by atoms with E-state index in [0.29, 0.717) is 6.04 Å². The van der Waals surface area contributed by atoms with Gasteiger partial charge < -0.3 is 10.2 Å². The lowest BCUT2D eigenvalue weighted by Crippen LogP contribution is -2.33. The first-order valence-corrected chi connectivity index (χ1v) is 5.70. The minimum Gasteiger partial charge on any atom is -0.343 e. The molecular weight excluding hydrogens is 253 g/mol. The Morgan fingerprint density at radius 1 is 1.40 bits per heavy atom. The van der Waals surface area contributed by atoms with Crippen LogP contribution in [0.1, 0.15) is 6.42 Å². The molecule has 0 aromatic carbocycles. The van der Waals surface area contributed by atoms with E-state index >= 15 is 0 Å². The Balaban J connectivity index is 0.000000562. The molecule has 3 rings (SSSR count). The van der Waals surface area contributed by atoms with Gasteiger partial charge in [0.15, 0.2) is 5.13 Å². The van der Waals surface area contributed by atoms with Crippen LogP contribution in [0.2, 0.25) is 0 Å². The summed E-state index contributed by atoms with van der Waals surface area (Å²) in [7, 11) is 0. The number of aromatic nitrogens is 1. The third kappa shape index (κ3) is 2.23. The van der Waals surface area contributed by atoms with Crippen molar-refractivity contribution in [1.29, 1.82) is 0 Å². The molecule has 0 aliphatic carbocycles. The topological polar surface area (TPSA) is 28.2 Å². The van der Waals surface area contributed by atoms with Crippen molar-refractivity contribution in [3.63, 3.8) is 0 Å². The van der Waals surface area contributed by atoms with Crippen molar-refractivity contribution in [2.24, 2.45) is 5.92 Å². The number of nitrogens with zero attached hydrogens (tertiary/aromatic N) is 2. The summed E-state index contributed by atoms with van der Waals surface area (Å²) in [4.78, 5) is 6.84. The Morgan fingerprint density at radius 3 is 3.00 bits per heavy atom. The molecule has 1 aromatic heterocycles. The molecule has 1 N–H and O–H groups in total. The Morgan fingerprint density at radius 2 is 2.27 bits per heavy atom. The minimum atomic E-state index is 0. The van der Waals surface area contributed by atoms with E-state index in [-0.39, 0.29) is 24.8 Å². The molecule has 15 heavy (non-hydrogen) atoms. The maximum Gasteiger partial charge on any atom is 0.185 e. The summed E-state index contributed by atoms with van der Waals surface area (Å²) in [5.41, 5.74) is 0. The van der Waals surface area contributed by atoms with Gasteiger partial charge in [0.1, 0.15) is 0 Å². The predicted molar refractivity (Wildman–Crippen MR) is 68.7 cm³/mol. The molecule has 2 saturated heterocycles. The lowest BCUT2D eigenvalue weighted by Gasteiger charge is -2.22. The van der Waals surface area contributed by atoms with Gasteiger partial charge in [-0.25, -0.2) is 4.98 Å². The first-order chi connectivity index (χ1) is 6.45. The van der Waals surface area contributed by atoms with Crippen molar-refractivity contribution >= 4 is 41.3 Å². The summed E-state index contributed by atoms with van der Waals surface area (Å²) in [6.45, 7) is 3.54. The molecular formula is C9H15Cl2N3S. The van der Waals surface area contributed by atoms with Gasteiger partial charge in [0.2, 0.25) is 0 Å². The highest BCUT2D eigenvalue weighted by atomic mass is 35.5. The normalized spacial score (nSPS) is 28.1. The summed E-state index contributed by atoms with van der Waals surface area (Å²) >= 11 is 1.76. The van der Waals surface area contributed by atoms with Gasteiger partial charge in [-0.1, -0.05) is 0 Å². The highest BCUT2D eigenvalue weighted by Crippen LogP contribution is 2.32. The second kappa shape index (κ2) is 5.34. The van der Waals surface area contributed by atoms with Crippen LogP contribution in [0.3, 0.4) is 0 Å². The van der Waals surface area contributed by atoms with E-state index in [1.807, 2.05) is 6.20 Å². The summed E-state index contributed by atoms with van der Waals surface area (Å²) in [6, 6.07) is 0.714. The highest BCUT2D eigenvalue weighted by Gasteiger charge is 2.38. The average Bonchev–Trinajstić information content (AvgIpc) is 2.79. The zero-order valence-electron chi connectivity index (χ0n) is 8.26. The van der Waals surface area contributed by atoms with Crippen molar-refractivity contribution in [2.75, 3.05) is 24.5 Å². The fraction of sp³-hybridized carbons (Fsp3) is 0.667. The largest absolute Gasteiger partial charge is 0.343 e. The van der Waals surface area contributed by atoms with Crippen molar-refractivity contribution in [3.8, 4) is 0 Å². The van der Waals surface area contributed by atoms with Crippen molar-refractivity contribution in [3.05, 3.63) is 11.6 Å². The molecule has 0 radical (unpaired) electrons. The van der Waals surface area contributed by atoms with Gasteiger partial charge in [-0.2, -0.15) is 0 Å². The summed E-state index contributed by atoms with van der Waals surface area (Å²) in [6.07, 6.45) is 3.23. The predicted octanol–water partition coefficient (Wildman–Crippen LogP) is 1.78. The molecule has 2 fully saturated rings. The smallest absolute Gasteiger partial charge is 0.185 e. The average molecular weight is 268 g/mol. The first kappa shape index (κ1) is 13.0. The molecule has 0 unspecified atom stereocenters. The summed E-state index contributed by atoms with van der Waals surface area (Å²) in [5.74, 6) is 0.865. The van der Waals surface area contributed by atoms with Crippen LogP contribution in [0.5, 0.6) is 0 Å². The van der Waals surface area contributed by atoms with Crippen molar-refractivity contribution < 1.29 is 0 Å². The zero-order chi connectivity index (χ0) is 8.67. The Bertz CT molecular complexity index is 294. The summed E-state index contributed by atoms with van der Waals surface area (Å²) < 4.78 is 0. The zero-order valence-corrected chi connectivity index (χ0v) is 10.7. The lowest BCUT2D eigenvalue weighted by molar-refractivity contribution is 0.578. The highest BCUT2D eigenvalue weighted by molar-refractivity contribution is 7.13. The molecule has 2 aliphatic rings. The Hall–Kier alpha value is -0.0300. The fourth-order valence-corrected chi connectivity index (χ4v) is 3.17. The maximum atomic E-state index is 4.38. The number of thiazole rings is 1. The van der Waals surface area contributed by atoms with Gasteiger partial charge in [0.25, 0.3) is 0 Å². The third-order valence-corrected chi connectivity index (χ3v) is 3.92. The molecule has 0 spiro atoms. The van der Waals surface area contributed by atoms with E-state index in [4.69, 9.17) is 0 Å². The first-order valence-electron chi connectivity index (χ1n) is 4.82. The van der Waals surface area contributed by atoms with Crippen LogP contribution in [0.4, 0.5) is 5.13 Å². The number of fused-ring (bicyclic) bond motifs is 1. The van der Waals surface area contributed by atoms with Crippen molar-refractivity contribution in [1.82, 2.24) is 10.3 Å². The lowest BCUT2D eigenvalue weighted by atomic mass is 10.1. The number of halogens is 2. The van der Waals surface area contributed by atoms with Crippen LogP contribution in [-0.2, 0) is 0 Å². The van der Waals surface area contributed by atoms with Crippen LogP contribution in [-0.4, -0.2) is 30.7 Å². The molecule has 0 amide bonds. The molecule has 2 atom stereocenters.